The summed E-state index contributed by atoms with van der Waals surface area (Å²) in [7, 11) is 0. The first-order chi connectivity index (χ1) is 38.9. The number of nitrogens with one attached hydrogen (secondary N) is 5. The minimum atomic E-state index is -1.42. The van der Waals surface area contributed by atoms with Crippen LogP contribution in [0.15, 0.2) is 65.8 Å². The highest BCUT2D eigenvalue weighted by atomic mass is 16.5. The van der Waals surface area contributed by atoms with Crippen LogP contribution in [0.3, 0.4) is 0 Å². The molecule has 438 valence electrons. The number of likely N-dealkylation sites (tertiary alicyclic amines) is 4. The van der Waals surface area contributed by atoms with Gasteiger partial charge in [-0.25, -0.2) is 9.59 Å². The van der Waals surface area contributed by atoms with Gasteiger partial charge in [0.1, 0.15) is 54.9 Å². The van der Waals surface area contributed by atoms with Crippen molar-refractivity contribution >= 4 is 76.2 Å². The van der Waals surface area contributed by atoms with Gasteiger partial charge in [-0.05, 0) is 93.7 Å². The van der Waals surface area contributed by atoms with Crippen LogP contribution in [0.2, 0.25) is 0 Å². The fraction of sp³-hybridized carbons (Fsp3) is 0.554. The van der Waals surface area contributed by atoms with Gasteiger partial charge in [0, 0.05) is 62.7 Å². The molecule has 25 nitrogen and oxygen atoms in total. The minimum Gasteiger partial charge on any atom is -0.480 e. The number of benzene rings is 2. The van der Waals surface area contributed by atoms with Gasteiger partial charge in [-0.3, -0.25) is 43.3 Å². The number of carboxylic acid groups (broad SMARTS) is 1. The molecular weight excluding hydrogens is 1050 g/mol. The number of aromatic amines is 1. The molecule has 4 aliphatic heterocycles. The number of guanidine groups is 1. The van der Waals surface area contributed by atoms with E-state index in [1.807, 2.05) is 49.4 Å². The Hall–Kier alpha value is -8.25. The van der Waals surface area contributed by atoms with Gasteiger partial charge in [0.05, 0.1) is 0 Å². The highest BCUT2D eigenvalue weighted by Crippen LogP contribution is 2.29. The van der Waals surface area contributed by atoms with Crippen LogP contribution >= 0.6 is 0 Å². The Kier molecular flexibility index (Phi) is 21.1. The Morgan fingerprint density at radius 2 is 1.25 bits per heavy atom. The summed E-state index contributed by atoms with van der Waals surface area (Å²) in [6.07, 6.45) is 3.81. The van der Waals surface area contributed by atoms with Crippen LogP contribution < -0.4 is 38.5 Å². The number of H-pyrrole nitrogens is 1. The number of hydrogen-bond donors (Lipinski definition) is 9. The molecule has 0 radical (unpaired) electrons. The Morgan fingerprint density at radius 3 is 1.86 bits per heavy atom. The summed E-state index contributed by atoms with van der Waals surface area (Å²) in [5.41, 5.74) is 19.0. The number of hydrogen-bond acceptors (Lipinski definition) is 12. The number of nitrogens with two attached hydrogens (primary N) is 3. The molecule has 9 atom stereocenters. The molecule has 3 aromatic rings. The SMILES string of the molecule is CC[C@H](C)[C@H](NC(=O)[C@H](CCC(N)=O)NC(=O)[C@@H]1CCCN1C(=O)[C@H](CCCN=C(N)N)NC(=O)[C@@H]1CCCN1C(=O)[C@H](Cc1c[nH]c2ccccc12)NC(=O)OCc1ccccc1)C(=O)N1CCC[C@H]1C(=O)N1CCC[C@H]1C(=O)O. The van der Waals surface area contributed by atoms with E-state index in [9.17, 15) is 53.1 Å². The molecule has 4 aliphatic rings. The van der Waals surface area contributed by atoms with Gasteiger partial charge in [0.2, 0.25) is 47.3 Å². The maximum absolute atomic E-state index is 14.8. The predicted octanol–water partition coefficient (Wildman–Crippen LogP) is 0.874. The van der Waals surface area contributed by atoms with Crippen molar-refractivity contribution in [2.24, 2.45) is 28.1 Å². The van der Waals surface area contributed by atoms with Crippen LogP contribution in [0.4, 0.5) is 4.79 Å². The van der Waals surface area contributed by atoms with E-state index < -0.39 is 114 Å². The molecule has 7 rings (SSSR count). The van der Waals surface area contributed by atoms with Crippen LogP contribution in [0.5, 0.6) is 0 Å². The normalized spacial score (nSPS) is 20.6. The van der Waals surface area contributed by atoms with Crippen molar-refractivity contribution in [3.05, 3.63) is 71.9 Å². The van der Waals surface area contributed by atoms with Crippen LogP contribution in [0.1, 0.15) is 108 Å². The summed E-state index contributed by atoms with van der Waals surface area (Å²) in [4.78, 5) is 151. The monoisotopic (exact) mass is 1120 g/mol. The number of aliphatic imine (C=N–C) groups is 1. The Balaban J connectivity index is 1.06. The maximum atomic E-state index is 14.8. The molecule has 9 amide bonds. The average molecular weight is 1120 g/mol. The predicted molar refractivity (Wildman–Crippen MR) is 296 cm³/mol. The molecular formula is C56H77N13O12. The molecule has 0 unspecified atom stereocenters. The topological polar surface area (TPSA) is 367 Å². The minimum absolute atomic E-state index is 0.0151. The van der Waals surface area contributed by atoms with E-state index in [0.29, 0.717) is 44.9 Å². The number of nitrogens with zero attached hydrogens (tertiary/aromatic N) is 5. The van der Waals surface area contributed by atoms with Gasteiger partial charge in [0.25, 0.3) is 0 Å². The molecule has 5 heterocycles. The number of carboxylic acids is 1. The summed E-state index contributed by atoms with van der Waals surface area (Å²) in [5.74, 6) is -6.92. The number of para-hydroxylation sites is 1. The van der Waals surface area contributed by atoms with Crippen molar-refractivity contribution in [2.45, 2.75) is 159 Å². The molecule has 12 N–H and O–H groups in total. The lowest BCUT2D eigenvalue weighted by Crippen LogP contribution is -2.60. The second-order valence-electron chi connectivity index (χ2n) is 21.4. The number of ether oxygens (including phenoxy) is 1. The zero-order valence-corrected chi connectivity index (χ0v) is 46.0. The van der Waals surface area contributed by atoms with Crippen molar-refractivity contribution in [3.63, 3.8) is 0 Å². The summed E-state index contributed by atoms with van der Waals surface area (Å²) in [6, 6.07) is 7.39. The van der Waals surface area contributed by atoms with Crippen molar-refractivity contribution in [1.29, 1.82) is 0 Å². The highest BCUT2D eigenvalue weighted by molar-refractivity contribution is 5.99. The molecule has 0 aliphatic carbocycles. The zero-order valence-electron chi connectivity index (χ0n) is 46.0. The standard InChI is InChI=1S/C56H77N13O12/c1-3-33(2)46(53(77)68-28-12-21-43(68)52(76)69-29-13-22-44(69)54(78)79)65-47(71)38(23-24-45(57)70)62-48(72)41-19-10-26-66(41)50(74)39(18-9-25-60-55(58)59)63-49(73)42-20-11-27-67(42)51(75)40(30-35-31-61-37-17-8-7-16-36(35)37)64-56(80)81-32-34-14-5-4-6-15-34/h4-8,14-17,31,33,38-44,46,61H,3,9-13,18-30,32H2,1-2H3,(H2,57,70)(H,62,72)(H,63,73)(H,64,80)(H,65,71)(H,78,79)(H4,58,59,60)/t33-,38-,39-,40-,41-,42-,43-,44-,46-/m0/s1. The Morgan fingerprint density at radius 1 is 0.679 bits per heavy atom. The lowest BCUT2D eigenvalue weighted by Gasteiger charge is -2.34. The fourth-order valence-electron chi connectivity index (χ4n) is 11.4. The third-order valence-electron chi connectivity index (χ3n) is 15.9. The van der Waals surface area contributed by atoms with E-state index in [2.05, 4.69) is 31.2 Å². The highest BCUT2D eigenvalue weighted by Gasteiger charge is 2.46. The summed E-state index contributed by atoms with van der Waals surface area (Å²) >= 11 is 0. The van der Waals surface area contributed by atoms with Crippen molar-refractivity contribution < 1.29 is 57.8 Å². The number of aromatic nitrogens is 1. The van der Waals surface area contributed by atoms with E-state index in [0.717, 1.165) is 22.0 Å². The molecule has 4 saturated heterocycles. The maximum Gasteiger partial charge on any atom is 0.408 e. The van der Waals surface area contributed by atoms with Crippen molar-refractivity contribution in [3.8, 4) is 0 Å². The Bertz CT molecular complexity index is 2810. The molecule has 1 aromatic heterocycles. The second kappa shape index (κ2) is 28.3. The van der Waals surface area contributed by atoms with Crippen LogP contribution in [0, 0.1) is 5.92 Å². The summed E-state index contributed by atoms with van der Waals surface area (Å²) in [5, 5.41) is 21.7. The first-order valence-corrected chi connectivity index (χ1v) is 28.1. The molecule has 25 heteroatoms. The third-order valence-corrected chi connectivity index (χ3v) is 15.9. The zero-order chi connectivity index (χ0) is 58.3. The van der Waals surface area contributed by atoms with E-state index in [1.54, 1.807) is 25.3 Å². The van der Waals surface area contributed by atoms with E-state index in [4.69, 9.17) is 21.9 Å². The number of primary amides is 1. The Labute approximate surface area is 469 Å². The van der Waals surface area contributed by atoms with Crippen LogP contribution in [-0.4, -0.2) is 176 Å². The van der Waals surface area contributed by atoms with E-state index in [-0.39, 0.29) is 90.2 Å². The van der Waals surface area contributed by atoms with Crippen LogP contribution in [-0.2, 0) is 60.9 Å². The first-order valence-electron chi connectivity index (χ1n) is 28.1. The quantitative estimate of drug-likeness (QED) is 0.0323. The fourth-order valence-corrected chi connectivity index (χ4v) is 11.4. The van der Waals surface area contributed by atoms with Gasteiger partial charge in [-0.2, -0.15) is 0 Å². The lowest BCUT2D eigenvalue weighted by atomic mass is 9.96. The number of rotatable bonds is 25. The van der Waals surface area contributed by atoms with Gasteiger partial charge < -0.3 is 72.9 Å². The number of fused-ring (bicyclic) bond motifs is 1. The van der Waals surface area contributed by atoms with Gasteiger partial charge in [-0.1, -0.05) is 68.8 Å². The van der Waals surface area contributed by atoms with Crippen molar-refractivity contribution in [1.82, 2.24) is 45.9 Å². The smallest absolute Gasteiger partial charge is 0.408 e. The third kappa shape index (κ3) is 15.4. The molecule has 0 spiro atoms. The van der Waals surface area contributed by atoms with E-state index in [1.165, 1.54) is 19.6 Å². The largest absolute Gasteiger partial charge is 0.480 e. The molecule has 81 heavy (non-hydrogen) atoms. The van der Waals surface area contributed by atoms with Gasteiger partial charge >= 0.3 is 12.1 Å². The molecule has 2 aromatic carbocycles. The van der Waals surface area contributed by atoms with Crippen LogP contribution in [0.25, 0.3) is 10.9 Å². The molecule has 0 bridgehead atoms. The first kappa shape index (κ1) is 60.4. The number of aliphatic carboxylic acids is 1. The molecule has 0 saturated carbocycles. The number of carbonyl (C=O) groups excluding carboxylic acids is 9. The number of amides is 9. The average Bonchev–Trinajstić information content (AvgIpc) is 4.54. The van der Waals surface area contributed by atoms with E-state index >= 15 is 0 Å². The van der Waals surface area contributed by atoms with Gasteiger partial charge in [0.15, 0.2) is 5.96 Å². The second-order valence-corrected chi connectivity index (χ2v) is 21.4. The summed E-state index contributed by atoms with van der Waals surface area (Å²) < 4.78 is 5.53. The number of carbonyl (C=O) groups is 10. The summed E-state index contributed by atoms with van der Waals surface area (Å²) in [6.45, 7) is 4.31. The molecule has 4 fully saturated rings. The lowest BCUT2D eigenvalue weighted by molar-refractivity contribution is -0.152. The number of alkyl carbamates (subject to hydrolysis) is 1. The van der Waals surface area contributed by atoms with Gasteiger partial charge in [-0.15, -0.1) is 0 Å². The van der Waals surface area contributed by atoms with Crippen molar-refractivity contribution in [2.75, 3.05) is 32.7 Å².